The summed E-state index contributed by atoms with van der Waals surface area (Å²) in [5.74, 6) is 0.828. The van der Waals surface area contributed by atoms with Gasteiger partial charge in [0.05, 0.1) is 12.0 Å². The number of rotatable bonds is 7. The standard InChI is InChI=1S/C13H19N5/c1-12-16-6-4-13(17-12)10-14-5-2-3-8-18-9-7-15-11-18/h4,6-7,9,11,14H,2-3,5,8,10H2,1H3. The molecule has 96 valence electrons. The van der Waals surface area contributed by atoms with Crippen LogP contribution in [-0.2, 0) is 13.1 Å². The molecule has 2 aromatic heterocycles. The highest BCUT2D eigenvalue weighted by molar-refractivity contribution is 5.00. The maximum Gasteiger partial charge on any atom is 0.125 e. The molecule has 0 radical (unpaired) electrons. The highest BCUT2D eigenvalue weighted by atomic mass is 15.0. The van der Waals surface area contributed by atoms with Crippen molar-refractivity contribution in [3.63, 3.8) is 0 Å². The van der Waals surface area contributed by atoms with Crippen molar-refractivity contribution < 1.29 is 0 Å². The summed E-state index contributed by atoms with van der Waals surface area (Å²) >= 11 is 0. The summed E-state index contributed by atoms with van der Waals surface area (Å²) in [6.07, 6.45) is 9.79. The van der Waals surface area contributed by atoms with Gasteiger partial charge in [-0.25, -0.2) is 15.0 Å². The number of nitrogens with zero attached hydrogens (tertiary/aromatic N) is 4. The van der Waals surface area contributed by atoms with E-state index in [1.54, 1.807) is 6.20 Å². The van der Waals surface area contributed by atoms with E-state index in [0.29, 0.717) is 0 Å². The summed E-state index contributed by atoms with van der Waals surface area (Å²) in [6.45, 7) is 4.77. The van der Waals surface area contributed by atoms with Crippen molar-refractivity contribution in [1.29, 1.82) is 0 Å². The Morgan fingerprint density at radius 3 is 3.00 bits per heavy atom. The van der Waals surface area contributed by atoms with Crippen LogP contribution in [0.5, 0.6) is 0 Å². The van der Waals surface area contributed by atoms with Crippen LogP contribution in [0.3, 0.4) is 0 Å². The molecular weight excluding hydrogens is 226 g/mol. The molecule has 5 nitrogen and oxygen atoms in total. The Labute approximate surface area is 107 Å². The van der Waals surface area contributed by atoms with Crippen molar-refractivity contribution in [2.75, 3.05) is 6.54 Å². The Morgan fingerprint density at radius 2 is 2.22 bits per heavy atom. The summed E-state index contributed by atoms with van der Waals surface area (Å²) in [5, 5.41) is 3.39. The number of aromatic nitrogens is 4. The molecule has 0 spiro atoms. The van der Waals surface area contributed by atoms with E-state index in [0.717, 1.165) is 44.0 Å². The first-order valence-corrected chi connectivity index (χ1v) is 6.29. The van der Waals surface area contributed by atoms with Crippen molar-refractivity contribution in [2.24, 2.45) is 0 Å². The van der Waals surface area contributed by atoms with Crippen LogP contribution in [0.2, 0.25) is 0 Å². The molecule has 0 unspecified atom stereocenters. The lowest BCUT2D eigenvalue weighted by atomic mass is 10.3. The van der Waals surface area contributed by atoms with Gasteiger partial charge in [-0.05, 0) is 32.4 Å². The number of hydrogen-bond donors (Lipinski definition) is 1. The van der Waals surface area contributed by atoms with Crippen molar-refractivity contribution in [3.05, 3.63) is 42.5 Å². The van der Waals surface area contributed by atoms with E-state index in [1.807, 2.05) is 31.7 Å². The van der Waals surface area contributed by atoms with Gasteiger partial charge in [-0.1, -0.05) is 0 Å². The fourth-order valence-corrected chi connectivity index (χ4v) is 1.78. The normalized spacial score (nSPS) is 10.7. The third-order valence-corrected chi connectivity index (χ3v) is 2.72. The summed E-state index contributed by atoms with van der Waals surface area (Å²) in [6, 6.07) is 1.95. The molecule has 0 aliphatic rings. The van der Waals surface area contributed by atoms with Crippen LogP contribution in [0.4, 0.5) is 0 Å². The molecular formula is C13H19N5. The van der Waals surface area contributed by atoms with E-state index in [1.165, 1.54) is 0 Å². The summed E-state index contributed by atoms with van der Waals surface area (Å²) in [5.41, 5.74) is 1.05. The zero-order chi connectivity index (χ0) is 12.6. The molecule has 2 aromatic rings. The van der Waals surface area contributed by atoms with Crippen molar-refractivity contribution in [3.8, 4) is 0 Å². The van der Waals surface area contributed by atoms with Gasteiger partial charge < -0.3 is 9.88 Å². The maximum atomic E-state index is 4.35. The Balaban J connectivity index is 1.56. The Bertz CT molecular complexity index is 452. The van der Waals surface area contributed by atoms with E-state index in [9.17, 15) is 0 Å². The number of unbranched alkanes of at least 4 members (excludes halogenated alkanes) is 1. The largest absolute Gasteiger partial charge is 0.337 e. The first kappa shape index (κ1) is 12.7. The fraction of sp³-hybridized carbons (Fsp3) is 0.462. The Morgan fingerprint density at radius 1 is 1.28 bits per heavy atom. The van der Waals surface area contributed by atoms with Crippen LogP contribution in [0.15, 0.2) is 31.0 Å². The molecule has 0 fully saturated rings. The second-order valence-electron chi connectivity index (χ2n) is 4.28. The van der Waals surface area contributed by atoms with Gasteiger partial charge in [0.2, 0.25) is 0 Å². The van der Waals surface area contributed by atoms with E-state index in [2.05, 4.69) is 24.8 Å². The van der Waals surface area contributed by atoms with Crippen molar-refractivity contribution in [2.45, 2.75) is 32.9 Å². The smallest absolute Gasteiger partial charge is 0.125 e. The predicted octanol–water partition coefficient (Wildman–Crippen LogP) is 1.55. The molecule has 0 aliphatic heterocycles. The average molecular weight is 245 g/mol. The van der Waals surface area contributed by atoms with Crippen molar-refractivity contribution in [1.82, 2.24) is 24.8 Å². The van der Waals surface area contributed by atoms with Crippen LogP contribution >= 0.6 is 0 Å². The fourth-order valence-electron chi connectivity index (χ4n) is 1.78. The van der Waals surface area contributed by atoms with Gasteiger partial charge in [-0.15, -0.1) is 0 Å². The van der Waals surface area contributed by atoms with Crippen LogP contribution in [-0.4, -0.2) is 26.1 Å². The van der Waals surface area contributed by atoms with Crippen LogP contribution in [0.1, 0.15) is 24.4 Å². The number of aryl methyl sites for hydroxylation is 2. The molecule has 0 saturated heterocycles. The molecule has 0 saturated carbocycles. The summed E-state index contributed by atoms with van der Waals surface area (Å²) < 4.78 is 2.10. The first-order valence-electron chi connectivity index (χ1n) is 6.29. The maximum absolute atomic E-state index is 4.35. The number of imidazole rings is 1. The Kier molecular flexibility index (Phi) is 4.84. The summed E-state index contributed by atoms with van der Waals surface area (Å²) in [7, 11) is 0. The average Bonchev–Trinajstić information content (AvgIpc) is 2.87. The molecule has 0 bridgehead atoms. The lowest BCUT2D eigenvalue weighted by Crippen LogP contribution is -2.16. The summed E-state index contributed by atoms with van der Waals surface area (Å²) in [4.78, 5) is 12.4. The lowest BCUT2D eigenvalue weighted by Gasteiger charge is -2.05. The van der Waals surface area contributed by atoms with Gasteiger partial charge in [-0.3, -0.25) is 0 Å². The van der Waals surface area contributed by atoms with Gasteiger partial charge in [-0.2, -0.15) is 0 Å². The topological polar surface area (TPSA) is 55.6 Å². The second-order valence-corrected chi connectivity index (χ2v) is 4.28. The SMILES string of the molecule is Cc1nccc(CNCCCCn2ccnc2)n1. The minimum absolute atomic E-state index is 0.814. The second kappa shape index (κ2) is 6.86. The van der Waals surface area contributed by atoms with E-state index in [-0.39, 0.29) is 0 Å². The zero-order valence-electron chi connectivity index (χ0n) is 10.7. The molecule has 1 N–H and O–H groups in total. The predicted molar refractivity (Wildman–Crippen MR) is 69.9 cm³/mol. The molecule has 2 heterocycles. The molecule has 2 rings (SSSR count). The minimum atomic E-state index is 0.814. The van der Waals surface area contributed by atoms with E-state index < -0.39 is 0 Å². The van der Waals surface area contributed by atoms with E-state index >= 15 is 0 Å². The van der Waals surface area contributed by atoms with Gasteiger partial charge in [0, 0.05) is 31.7 Å². The van der Waals surface area contributed by atoms with Crippen LogP contribution < -0.4 is 5.32 Å². The highest BCUT2D eigenvalue weighted by Gasteiger charge is 1.95. The first-order chi connectivity index (χ1) is 8.84. The van der Waals surface area contributed by atoms with Gasteiger partial charge in [0.1, 0.15) is 5.82 Å². The molecule has 5 heteroatoms. The van der Waals surface area contributed by atoms with Crippen molar-refractivity contribution >= 4 is 0 Å². The van der Waals surface area contributed by atoms with Gasteiger partial charge >= 0.3 is 0 Å². The number of hydrogen-bond acceptors (Lipinski definition) is 4. The highest BCUT2D eigenvalue weighted by Crippen LogP contribution is 1.96. The molecule has 0 atom stereocenters. The monoisotopic (exact) mass is 245 g/mol. The van der Waals surface area contributed by atoms with Crippen LogP contribution in [0.25, 0.3) is 0 Å². The Hall–Kier alpha value is -1.75. The molecule has 0 amide bonds. The lowest BCUT2D eigenvalue weighted by molar-refractivity contribution is 0.564. The zero-order valence-corrected chi connectivity index (χ0v) is 10.7. The van der Waals surface area contributed by atoms with E-state index in [4.69, 9.17) is 0 Å². The molecule has 18 heavy (non-hydrogen) atoms. The van der Waals surface area contributed by atoms with Gasteiger partial charge in [0.15, 0.2) is 0 Å². The quantitative estimate of drug-likeness (QED) is 0.752. The third-order valence-electron chi connectivity index (χ3n) is 2.72. The molecule has 0 aliphatic carbocycles. The third kappa shape index (κ3) is 4.25. The van der Waals surface area contributed by atoms with Crippen LogP contribution in [0, 0.1) is 6.92 Å². The van der Waals surface area contributed by atoms with Gasteiger partial charge in [0.25, 0.3) is 0 Å². The minimum Gasteiger partial charge on any atom is -0.337 e. The number of nitrogens with one attached hydrogen (secondary N) is 1. The molecule has 0 aromatic carbocycles.